The van der Waals surface area contributed by atoms with Crippen LogP contribution in [0.15, 0.2) is 72.9 Å². The first-order chi connectivity index (χ1) is 17.5. The fourth-order valence-corrected chi connectivity index (χ4v) is 4.75. The Labute approximate surface area is 210 Å². The topological polar surface area (TPSA) is 67.7 Å². The molecule has 2 amide bonds. The van der Waals surface area contributed by atoms with Crippen molar-refractivity contribution in [3.8, 4) is 11.1 Å². The molecule has 0 atom stereocenters. The molecule has 0 radical (unpaired) electrons. The van der Waals surface area contributed by atoms with Crippen LogP contribution in [-0.4, -0.2) is 46.9 Å². The Bertz CT molecular complexity index is 1390. The third-order valence-corrected chi connectivity index (χ3v) is 6.81. The van der Waals surface area contributed by atoms with Crippen LogP contribution in [0.5, 0.6) is 0 Å². The second-order valence-electron chi connectivity index (χ2n) is 9.20. The predicted octanol–water partition coefficient (Wildman–Crippen LogP) is 5.64. The highest BCUT2D eigenvalue weighted by Crippen LogP contribution is 2.29. The number of esters is 1. The van der Waals surface area contributed by atoms with Gasteiger partial charge in [-0.15, -0.1) is 0 Å². The summed E-state index contributed by atoms with van der Waals surface area (Å²) < 4.78 is 6.68. The van der Waals surface area contributed by atoms with Crippen LogP contribution in [0.1, 0.15) is 35.2 Å². The van der Waals surface area contributed by atoms with Gasteiger partial charge in [-0.25, -0.2) is 9.59 Å². The number of rotatable bonds is 5. The Balaban J connectivity index is 1.49. The minimum Gasteiger partial charge on any atom is -0.465 e. The molecule has 0 bridgehead atoms. The largest absolute Gasteiger partial charge is 0.465 e. The van der Waals surface area contributed by atoms with E-state index in [1.807, 2.05) is 52.0 Å². The van der Waals surface area contributed by atoms with Gasteiger partial charge in [-0.05, 0) is 66.3 Å². The van der Waals surface area contributed by atoms with Crippen LogP contribution in [0.3, 0.4) is 0 Å². The van der Waals surface area contributed by atoms with Gasteiger partial charge in [0, 0.05) is 31.2 Å². The predicted molar refractivity (Wildman–Crippen MR) is 141 cm³/mol. The number of nitrogens with zero attached hydrogens (tertiary/aromatic N) is 4. The molecule has 7 nitrogen and oxygen atoms in total. The number of carbonyl (C=O) groups is 2. The summed E-state index contributed by atoms with van der Waals surface area (Å²) in [7, 11) is 3.31. The molecular formula is C29H30N4O3. The standard InChI is InChI=1S/C29H30N4O3/c1-31-27-18-24(13-14-25(27)19-30-31)23-7-6-8-26(17-23)33(29(35)32-15-4-3-5-16-32)20-21-9-11-22(12-10-21)28(34)36-2/h6-14,17-19H,3-5,15-16,20H2,1-2H3. The van der Waals surface area contributed by atoms with Crippen LogP contribution in [0.25, 0.3) is 22.0 Å². The van der Waals surface area contributed by atoms with E-state index >= 15 is 0 Å². The van der Waals surface area contributed by atoms with Gasteiger partial charge in [0.25, 0.3) is 0 Å². The van der Waals surface area contributed by atoms with Crippen LogP contribution >= 0.6 is 0 Å². The average Bonchev–Trinajstić information content (AvgIpc) is 3.31. The Morgan fingerprint density at radius 1 is 0.944 bits per heavy atom. The van der Waals surface area contributed by atoms with E-state index in [2.05, 4.69) is 35.4 Å². The number of aromatic nitrogens is 2. The van der Waals surface area contributed by atoms with Crippen molar-refractivity contribution in [1.82, 2.24) is 14.7 Å². The van der Waals surface area contributed by atoms with Crippen molar-refractivity contribution in [3.63, 3.8) is 0 Å². The molecular weight excluding hydrogens is 452 g/mol. The first-order valence-electron chi connectivity index (χ1n) is 12.3. The minimum absolute atomic E-state index is 0.00554. The number of amides is 2. The monoisotopic (exact) mass is 482 g/mol. The number of likely N-dealkylation sites (tertiary alicyclic amines) is 1. The lowest BCUT2D eigenvalue weighted by molar-refractivity contribution is 0.0600. The second kappa shape index (κ2) is 10.2. The van der Waals surface area contributed by atoms with E-state index in [1.165, 1.54) is 7.11 Å². The zero-order valence-corrected chi connectivity index (χ0v) is 20.7. The van der Waals surface area contributed by atoms with Crippen LogP contribution in [0.2, 0.25) is 0 Å². The molecule has 0 unspecified atom stereocenters. The van der Waals surface area contributed by atoms with Gasteiger partial charge in [0.05, 0.1) is 30.9 Å². The van der Waals surface area contributed by atoms with Gasteiger partial charge in [-0.1, -0.05) is 36.4 Å². The third-order valence-electron chi connectivity index (χ3n) is 6.81. The lowest BCUT2D eigenvalue weighted by Gasteiger charge is -2.33. The Kier molecular flexibility index (Phi) is 6.71. The van der Waals surface area contributed by atoms with Crippen LogP contribution in [0.4, 0.5) is 10.5 Å². The average molecular weight is 483 g/mol. The Hall–Kier alpha value is -4.13. The SMILES string of the molecule is COC(=O)c1ccc(CN(C(=O)N2CCCCC2)c2cccc(-c3ccc4cnn(C)c4c3)c2)cc1. The molecule has 5 rings (SSSR count). The molecule has 0 saturated carbocycles. The molecule has 1 saturated heterocycles. The molecule has 0 N–H and O–H groups in total. The summed E-state index contributed by atoms with van der Waals surface area (Å²) in [6.45, 7) is 1.95. The summed E-state index contributed by atoms with van der Waals surface area (Å²) in [6, 6.07) is 21.6. The van der Waals surface area contributed by atoms with Gasteiger partial charge in [0.1, 0.15) is 0 Å². The number of urea groups is 1. The molecule has 2 heterocycles. The number of piperidine rings is 1. The van der Waals surface area contributed by atoms with E-state index < -0.39 is 0 Å². The maximum Gasteiger partial charge on any atom is 0.337 e. The second-order valence-corrected chi connectivity index (χ2v) is 9.20. The number of anilines is 1. The molecule has 184 valence electrons. The van der Waals surface area contributed by atoms with Crippen LogP contribution < -0.4 is 4.90 Å². The number of benzene rings is 3. The van der Waals surface area contributed by atoms with Crippen molar-refractivity contribution >= 4 is 28.6 Å². The van der Waals surface area contributed by atoms with Gasteiger partial charge in [-0.3, -0.25) is 9.58 Å². The zero-order valence-electron chi connectivity index (χ0n) is 20.7. The van der Waals surface area contributed by atoms with Gasteiger partial charge in [-0.2, -0.15) is 5.10 Å². The maximum atomic E-state index is 13.7. The fraction of sp³-hybridized carbons (Fsp3) is 0.276. The summed E-state index contributed by atoms with van der Waals surface area (Å²) in [5, 5.41) is 5.44. The lowest BCUT2D eigenvalue weighted by atomic mass is 10.0. The summed E-state index contributed by atoms with van der Waals surface area (Å²) in [6.07, 6.45) is 5.07. The molecule has 1 fully saturated rings. The van der Waals surface area contributed by atoms with Crippen molar-refractivity contribution in [2.24, 2.45) is 7.05 Å². The molecule has 0 spiro atoms. The number of carbonyl (C=O) groups excluding carboxylic acids is 2. The number of fused-ring (bicyclic) bond motifs is 1. The van der Waals surface area contributed by atoms with Crippen molar-refractivity contribution in [2.45, 2.75) is 25.8 Å². The maximum absolute atomic E-state index is 13.7. The summed E-state index contributed by atoms with van der Waals surface area (Å²) >= 11 is 0. The highest BCUT2D eigenvalue weighted by molar-refractivity contribution is 5.93. The number of ether oxygens (including phenoxy) is 1. The number of hydrogen-bond donors (Lipinski definition) is 0. The highest BCUT2D eigenvalue weighted by Gasteiger charge is 2.24. The van der Waals surface area contributed by atoms with Crippen molar-refractivity contribution in [1.29, 1.82) is 0 Å². The smallest absolute Gasteiger partial charge is 0.337 e. The number of aryl methyl sites for hydroxylation is 1. The highest BCUT2D eigenvalue weighted by atomic mass is 16.5. The van der Waals surface area contributed by atoms with Crippen molar-refractivity contribution < 1.29 is 14.3 Å². The van der Waals surface area contributed by atoms with E-state index in [0.29, 0.717) is 12.1 Å². The van der Waals surface area contributed by atoms with E-state index in [-0.39, 0.29) is 12.0 Å². The molecule has 7 heteroatoms. The molecule has 1 aromatic heterocycles. The van der Waals surface area contributed by atoms with Gasteiger partial charge in [0.2, 0.25) is 0 Å². The van der Waals surface area contributed by atoms with E-state index in [9.17, 15) is 9.59 Å². The molecule has 3 aromatic carbocycles. The van der Waals surface area contributed by atoms with Gasteiger partial charge < -0.3 is 9.64 Å². The van der Waals surface area contributed by atoms with E-state index in [0.717, 1.165) is 65.6 Å². The number of hydrogen-bond acceptors (Lipinski definition) is 4. The van der Waals surface area contributed by atoms with Crippen LogP contribution in [0, 0.1) is 0 Å². The Morgan fingerprint density at radius 3 is 2.44 bits per heavy atom. The zero-order chi connectivity index (χ0) is 25.1. The fourth-order valence-electron chi connectivity index (χ4n) is 4.75. The van der Waals surface area contributed by atoms with Gasteiger partial charge in [0.15, 0.2) is 0 Å². The van der Waals surface area contributed by atoms with Crippen LogP contribution in [-0.2, 0) is 18.3 Å². The molecule has 1 aliphatic heterocycles. The first-order valence-corrected chi connectivity index (χ1v) is 12.3. The molecule has 0 aliphatic carbocycles. The molecule has 4 aromatic rings. The van der Waals surface area contributed by atoms with E-state index in [4.69, 9.17) is 4.74 Å². The lowest BCUT2D eigenvalue weighted by Crippen LogP contribution is -2.45. The summed E-state index contributed by atoms with van der Waals surface area (Å²) in [5.41, 5.74) is 5.43. The number of methoxy groups -OCH3 is 1. The first kappa shape index (κ1) is 23.6. The summed E-state index contributed by atoms with van der Waals surface area (Å²) in [5.74, 6) is -0.374. The summed E-state index contributed by atoms with van der Waals surface area (Å²) in [4.78, 5) is 29.3. The van der Waals surface area contributed by atoms with Crippen molar-refractivity contribution in [2.75, 3.05) is 25.1 Å². The van der Waals surface area contributed by atoms with Crippen molar-refractivity contribution in [3.05, 3.63) is 84.1 Å². The minimum atomic E-state index is -0.374. The third kappa shape index (κ3) is 4.82. The molecule has 36 heavy (non-hydrogen) atoms. The normalized spacial score (nSPS) is 13.6. The quantitative estimate of drug-likeness (QED) is 0.345. The van der Waals surface area contributed by atoms with Gasteiger partial charge >= 0.3 is 12.0 Å². The Morgan fingerprint density at radius 2 is 1.69 bits per heavy atom. The molecule has 1 aliphatic rings. The van der Waals surface area contributed by atoms with E-state index in [1.54, 1.807) is 12.1 Å².